The summed E-state index contributed by atoms with van der Waals surface area (Å²) in [7, 11) is 0. The summed E-state index contributed by atoms with van der Waals surface area (Å²) in [4.78, 5) is 13.2. The molecule has 0 aromatic heterocycles. The zero-order valence-electron chi connectivity index (χ0n) is 49.9. The molecular formula is C65H119NO13. The number of hydrogen-bond donors (Lipinski definition) is 9. The monoisotopic (exact) mass is 1120 g/mol. The summed E-state index contributed by atoms with van der Waals surface area (Å²) in [6.07, 6.45) is 47.6. The van der Waals surface area contributed by atoms with Crippen LogP contribution in [0, 0.1) is 0 Å². The highest BCUT2D eigenvalue weighted by atomic mass is 16.7. The van der Waals surface area contributed by atoms with Gasteiger partial charge >= 0.3 is 0 Å². The van der Waals surface area contributed by atoms with Crippen molar-refractivity contribution in [1.82, 2.24) is 5.32 Å². The summed E-state index contributed by atoms with van der Waals surface area (Å²) in [5, 5.41) is 87.1. The normalized spacial score (nSPS) is 24.7. The minimum atomic E-state index is -1.79. The highest BCUT2D eigenvalue weighted by Crippen LogP contribution is 2.30. The largest absolute Gasteiger partial charge is 0.394 e. The molecule has 0 radical (unpaired) electrons. The molecule has 462 valence electrons. The van der Waals surface area contributed by atoms with Crippen LogP contribution in [0.15, 0.2) is 48.6 Å². The molecule has 2 fully saturated rings. The first-order valence-corrected chi connectivity index (χ1v) is 32.4. The van der Waals surface area contributed by atoms with Crippen molar-refractivity contribution in [2.45, 2.75) is 338 Å². The van der Waals surface area contributed by atoms with Crippen molar-refractivity contribution in [3.8, 4) is 0 Å². The van der Waals surface area contributed by atoms with Gasteiger partial charge in [0.05, 0.1) is 32.0 Å². The fourth-order valence-corrected chi connectivity index (χ4v) is 10.5. The molecule has 0 bridgehead atoms. The number of amides is 1. The Morgan fingerprint density at radius 1 is 0.456 bits per heavy atom. The molecule has 2 saturated heterocycles. The molecule has 2 aliphatic rings. The Labute approximate surface area is 480 Å². The van der Waals surface area contributed by atoms with E-state index in [1.165, 1.54) is 167 Å². The van der Waals surface area contributed by atoms with E-state index in [0.717, 1.165) is 64.2 Å². The molecule has 12 unspecified atom stereocenters. The molecule has 14 nitrogen and oxygen atoms in total. The van der Waals surface area contributed by atoms with Gasteiger partial charge in [-0.05, 0) is 57.8 Å². The number of ether oxygens (including phenoxy) is 4. The summed E-state index contributed by atoms with van der Waals surface area (Å²) in [5.41, 5.74) is 0. The van der Waals surface area contributed by atoms with Crippen molar-refractivity contribution in [3.63, 3.8) is 0 Å². The van der Waals surface area contributed by atoms with Gasteiger partial charge in [0, 0.05) is 6.42 Å². The topological polar surface area (TPSA) is 228 Å². The Kier molecular flexibility index (Phi) is 46.7. The second kappa shape index (κ2) is 50.5. The predicted octanol–water partition coefficient (Wildman–Crippen LogP) is 12.0. The van der Waals surface area contributed by atoms with Crippen LogP contribution in [0.4, 0.5) is 0 Å². The van der Waals surface area contributed by atoms with E-state index in [2.05, 4.69) is 55.6 Å². The third-order valence-electron chi connectivity index (χ3n) is 15.7. The number of allylic oxidation sites excluding steroid dienone is 7. The second-order valence-electron chi connectivity index (χ2n) is 22.9. The molecule has 0 aliphatic carbocycles. The van der Waals surface area contributed by atoms with Crippen LogP contribution < -0.4 is 5.32 Å². The lowest BCUT2D eigenvalue weighted by atomic mass is 9.97. The van der Waals surface area contributed by atoms with E-state index in [0.29, 0.717) is 12.8 Å². The molecule has 0 aromatic carbocycles. The van der Waals surface area contributed by atoms with Gasteiger partial charge in [-0.1, -0.05) is 249 Å². The Balaban J connectivity index is 1.67. The molecule has 2 aliphatic heterocycles. The van der Waals surface area contributed by atoms with E-state index in [-0.39, 0.29) is 18.9 Å². The van der Waals surface area contributed by atoms with E-state index in [1.807, 2.05) is 6.08 Å². The molecule has 0 aromatic rings. The number of carbonyl (C=O) groups excluding carboxylic acids is 1. The summed E-state index contributed by atoms with van der Waals surface area (Å²) in [5.74, 6) is -0.263. The zero-order chi connectivity index (χ0) is 57.4. The number of rotatable bonds is 52. The molecule has 14 heteroatoms. The van der Waals surface area contributed by atoms with Crippen molar-refractivity contribution >= 4 is 5.91 Å². The lowest BCUT2D eigenvalue weighted by Gasteiger charge is -2.46. The van der Waals surface area contributed by atoms with Gasteiger partial charge in [0.25, 0.3) is 0 Å². The predicted molar refractivity (Wildman–Crippen MR) is 318 cm³/mol. The van der Waals surface area contributed by atoms with Crippen LogP contribution in [-0.4, -0.2) is 140 Å². The number of unbranched alkanes of at least 4 members (excludes halogenated alkanes) is 33. The van der Waals surface area contributed by atoms with Gasteiger partial charge in [-0.2, -0.15) is 0 Å². The first-order chi connectivity index (χ1) is 38.6. The lowest BCUT2D eigenvalue weighted by Crippen LogP contribution is -2.65. The van der Waals surface area contributed by atoms with Gasteiger partial charge in [0.2, 0.25) is 5.91 Å². The Morgan fingerprint density at radius 3 is 1.37 bits per heavy atom. The summed E-state index contributed by atoms with van der Waals surface area (Å²) in [6, 6.07) is -0.940. The van der Waals surface area contributed by atoms with E-state index >= 15 is 0 Å². The van der Waals surface area contributed by atoms with E-state index < -0.39 is 86.8 Å². The van der Waals surface area contributed by atoms with Crippen LogP contribution in [0.3, 0.4) is 0 Å². The number of aliphatic hydroxyl groups is 8. The fourth-order valence-electron chi connectivity index (χ4n) is 10.5. The molecule has 9 N–H and O–H groups in total. The second-order valence-corrected chi connectivity index (χ2v) is 22.9. The minimum Gasteiger partial charge on any atom is -0.394 e. The lowest BCUT2D eigenvalue weighted by molar-refractivity contribution is -0.359. The summed E-state index contributed by atoms with van der Waals surface area (Å²) in [6.45, 7) is 2.72. The van der Waals surface area contributed by atoms with Crippen molar-refractivity contribution in [2.75, 3.05) is 19.8 Å². The SMILES string of the molecule is CCC/C=C\C/C=C\CCCCCCCC(=O)NC(COC1OC(CO)C(OC2OC(CO)C(O)C(O)C2O)C(O)C1O)C(O)/C=C/CC/C=C/CCCCCCCCCCCCCCCCCCCCCCCCCCCC. The quantitative estimate of drug-likeness (QED) is 0.0204. The maximum atomic E-state index is 13.2. The minimum absolute atomic E-state index is 0.256. The molecular weight excluding hydrogens is 1000 g/mol. The van der Waals surface area contributed by atoms with Crippen molar-refractivity contribution in [1.29, 1.82) is 0 Å². The van der Waals surface area contributed by atoms with E-state index in [4.69, 9.17) is 18.9 Å². The zero-order valence-corrected chi connectivity index (χ0v) is 49.9. The van der Waals surface area contributed by atoms with Crippen molar-refractivity contribution in [3.05, 3.63) is 48.6 Å². The van der Waals surface area contributed by atoms with Crippen LogP contribution in [-0.2, 0) is 23.7 Å². The Morgan fingerprint density at radius 2 is 0.873 bits per heavy atom. The van der Waals surface area contributed by atoms with Gasteiger partial charge in [0.1, 0.15) is 48.8 Å². The van der Waals surface area contributed by atoms with Crippen molar-refractivity contribution < 1.29 is 64.6 Å². The molecule has 0 spiro atoms. The standard InChI is InChI=1S/C65H119NO13/c1-3-5-7-9-11-13-15-17-18-19-20-21-22-23-24-25-26-27-28-29-30-31-32-33-34-35-37-38-40-42-44-46-48-54(69)53(66-57(70)49-47-45-43-41-39-36-16-14-12-10-8-6-4-2)52-76-64-62(75)60(73)63(56(51-68)78-64)79-65-61(74)59(72)58(71)55(50-67)77-65/h8,10,14,16,38,40,46,48,53-56,58-65,67-69,71-75H,3-7,9,11-13,15,17-37,39,41-45,47,49-52H2,1-2H3,(H,66,70)/b10-8-,16-14-,40-38+,48-46+. The van der Waals surface area contributed by atoms with Gasteiger partial charge in [-0.15, -0.1) is 0 Å². The van der Waals surface area contributed by atoms with Crippen LogP contribution in [0.1, 0.15) is 264 Å². The van der Waals surface area contributed by atoms with Crippen LogP contribution in [0.25, 0.3) is 0 Å². The van der Waals surface area contributed by atoms with E-state index in [9.17, 15) is 45.6 Å². The number of hydrogen-bond acceptors (Lipinski definition) is 13. The smallest absolute Gasteiger partial charge is 0.220 e. The number of carbonyl (C=O) groups is 1. The summed E-state index contributed by atoms with van der Waals surface area (Å²) < 4.78 is 22.7. The molecule has 2 rings (SSSR count). The van der Waals surface area contributed by atoms with Gasteiger partial charge in [0.15, 0.2) is 12.6 Å². The molecule has 1 amide bonds. The Hall–Kier alpha value is -2.05. The molecule has 79 heavy (non-hydrogen) atoms. The number of nitrogens with one attached hydrogen (secondary N) is 1. The molecule has 0 saturated carbocycles. The maximum Gasteiger partial charge on any atom is 0.220 e. The maximum absolute atomic E-state index is 13.2. The van der Waals surface area contributed by atoms with Crippen LogP contribution >= 0.6 is 0 Å². The van der Waals surface area contributed by atoms with Gasteiger partial charge in [-0.3, -0.25) is 4.79 Å². The third-order valence-corrected chi connectivity index (χ3v) is 15.7. The first kappa shape index (κ1) is 73.1. The fraction of sp³-hybridized carbons (Fsp3) is 0.862. The van der Waals surface area contributed by atoms with Crippen LogP contribution in [0.5, 0.6) is 0 Å². The average Bonchev–Trinajstić information content (AvgIpc) is 3.45. The van der Waals surface area contributed by atoms with Gasteiger partial charge in [-0.25, -0.2) is 0 Å². The van der Waals surface area contributed by atoms with Crippen molar-refractivity contribution in [2.24, 2.45) is 0 Å². The van der Waals surface area contributed by atoms with Gasteiger partial charge < -0.3 is 65.1 Å². The molecule has 2 heterocycles. The van der Waals surface area contributed by atoms with E-state index in [1.54, 1.807) is 6.08 Å². The third kappa shape index (κ3) is 35.6. The first-order valence-electron chi connectivity index (χ1n) is 32.4. The average molecular weight is 1120 g/mol. The Bertz CT molecular complexity index is 1510. The molecule has 12 atom stereocenters. The highest BCUT2D eigenvalue weighted by molar-refractivity contribution is 5.76. The number of aliphatic hydroxyl groups excluding tert-OH is 8. The van der Waals surface area contributed by atoms with Crippen LogP contribution in [0.2, 0.25) is 0 Å². The summed E-state index contributed by atoms with van der Waals surface area (Å²) >= 11 is 0. The highest BCUT2D eigenvalue weighted by Gasteiger charge is 2.51.